The molecule has 0 spiro atoms. The normalized spacial score (nSPS) is 21.1. The number of amides is 1. The van der Waals surface area contributed by atoms with E-state index in [0.29, 0.717) is 30.7 Å². The molecule has 1 aliphatic carbocycles. The third-order valence-electron chi connectivity index (χ3n) is 4.24. The number of nitrogens with two attached hydrogens (primary N) is 1. The van der Waals surface area contributed by atoms with Gasteiger partial charge in [-0.3, -0.25) is 4.79 Å². The van der Waals surface area contributed by atoms with E-state index in [4.69, 9.17) is 5.73 Å². The first-order chi connectivity index (χ1) is 7.92. The Morgan fingerprint density at radius 1 is 1.47 bits per heavy atom. The fraction of sp³-hybridized carbons (Fsp3) is 0.929. The van der Waals surface area contributed by atoms with Crippen molar-refractivity contribution in [1.82, 2.24) is 5.32 Å². The first-order valence-electron chi connectivity index (χ1n) is 6.94. The quantitative estimate of drug-likeness (QED) is 0.717. The summed E-state index contributed by atoms with van der Waals surface area (Å²) < 4.78 is 0. The molecule has 1 saturated carbocycles. The van der Waals surface area contributed by atoms with E-state index in [9.17, 15) is 4.79 Å². The number of nitrogens with one attached hydrogen (secondary N) is 1. The molecule has 0 heterocycles. The standard InChI is InChI=1S/C14H28N2O/c1-5-11(10(2)3)8-13(17)16-14(4,9-15)12-6-7-12/h10-12H,5-9,15H2,1-4H3,(H,16,17). The second kappa shape index (κ2) is 5.85. The topological polar surface area (TPSA) is 55.1 Å². The molecule has 1 amide bonds. The Labute approximate surface area is 106 Å². The molecule has 1 fully saturated rings. The van der Waals surface area contributed by atoms with Gasteiger partial charge in [-0.15, -0.1) is 0 Å². The smallest absolute Gasteiger partial charge is 0.220 e. The van der Waals surface area contributed by atoms with E-state index in [2.05, 4.69) is 33.0 Å². The van der Waals surface area contributed by atoms with Gasteiger partial charge in [-0.25, -0.2) is 0 Å². The molecule has 3 heteroatoms. The highest BCUT2D eigenvalue weighted by Gasteiger charge is 2.41. The molecule has 0 aromatic heterocycles. The van der Waals surface area contributed by atoms with Gasteiger partial charge >= 0.3 is 0 Å². The molecule has 0 saturated heterocycles. The molecule has 1 rings (SSSR count). The van der Waals surface area contributed by atoms with Gasteiger partial charge in [0.2, 0.25) is 5.91 Å². The van der Waals surface area contributed by atoms with Gasteiger partial charge in [0.15, 0.2) is 0 Å². The highest BCUT2D eigenvalue weighted by Crippen LogP contribution is 2.39. The second-order valence-electron chi connectivity index (χ2n) is 6.06. The highest BCUT2D eigenvalue weighted by molar-refractivity contribution is 5.77. The minimum atomic E-state index is -0.174. The Balaban J connectivity index is 2.47. The van der Waals surface area contributed by atoms with Crippen LogP contribution in [0.3, 0.4) is 0 Å². The highest BCUT2D eigenvalue weighted by atomic mass is 16.1. The van der Waals surface area contributed by atoms with E-state index in [0.717, 1.165) is 6.42 Å². The summed E-state index contributed by atoms with van der Waals surface area (Å²) in [5, 5.41) is 3.16. The van der Waals surface area contributed by atoms with Crippen LogP contribution in [-0.2, 0) is 4.79 Å². The van der Waals surface area contributed by atoms with E-state index in [1.54, 1.807) is 0 Å². The summed E-state index contributed by atoms with van der Waals surface area (Å²) in [4.78, 5) is 12.1. The maximum absolute atomic E-state index is 12.1. The lowest BCUT2D eigenvalue weighted by Crippen LogP contribution is -2.53. The fourth-order valence-electron chi connectivity index (χ4n) is 2.50. The van der Waals surface area contributed by atoms with Crippen LogP contribution in [-0.4, -0.2) is 18.0 Å². The van der Waals surface area contributed by atoms with Gasteiger partial charge in [-0.05, 0) is 37.5 Å². The number of hydrogen-bond acceptors (Lipinski definition) is 2. The molecule has 17 heavy (non-hydrogen) atoms. The summed E-state index contributed by atoms with van der Waals surface area (Å²) in [7, 11) is 0. The monoisotopic (exact) mass is 240 g/mol. The van der Waals surface area contributed by atoms with Crippen LogP contribution in [0, 0.1) is 17.8 Å². The van der Waals surface area contributed by atoms with Gasteiger partial charge in [0.25, 0.3) is 0 Å². The Morgan fingerprint density at radius 3 is 2.41 bits per heavy atom. The molecule has 3 nitrogen and oxygen atoms in total. The number of carbonyl (C=O) groups is 1. The predicted octanol–water partition coefficient (Wildman–Crippen LogP) is 2.30. The van der Waals surface area contributed by atoms with Crippen LogP contribution < -0.4 is 11.1 Å². The lowest BCUT2D eigenvalue weighted by molar-refractivity contribution is -0.124. The summed E-state index contributed by atoms with van der Waals surface area (Å²) in [6.07, 6.45) is 4.11. The molecule has 1 aliphatic rings. The van der Waals surface area contributed by atoms with E-state index < -0.39 is 0 Å². The van der Waals surface area contributed by atoms with Crippen LogP contribution in [0.1, 0.15) is 53.4 Å². The Morgan fingerprint density at radius 2 is 2.06 bits per heavy atom. The molecule has 0 radical (unpaired) electrons. The molecule has 2 atom stereocenters. The predicted molar refractivity (Wildman–Crippen MR) is 71.6 cm³/mol. The molecule has 2 unspecified atom stereocenters. The van der Waals surface area contributed by atoms with Crippen molar-refractivity contribution in [1.29, 1.82) is 0 Å². The van der Waals surface area contributed by atoms with Crippen molar-refractivity contribution in [2.75, 3.05) is 6.54 Å². The summed E-state index contributed by atoms with van der Waals surface area (Å²) in [6, 6.07) is 0. The largest absolute Gasteiger partial charge is 0.349 e. The van der Waals surface area contributed by atoms with Gasteiger partial charge < -0.3 is 11.1 Å². The summed E-state index contributed by atoms with van der Waals surface area (Å²) in [6.45, 7) is 9.15. The molecule has 0 aromatic carbocycles. The van der Waals surface area contributed by atoms with Crippen LogP contribution in [0.5, 0.6) is 0 Å². The van der Waals surface area contributed by atoms with E-state index in [-0.39, 0.29) is 11.4 Å². The van der Waals surface area contributed by atoms with E-state index in [1.165, 1.54) is 12.8 Å². The zero-order chi connectivity index (χ0) is 13.1. The van der Waals surface area contributed by atoms with Crippen LogP contribution >= 0.6 is 0 Å². The van der Waals surface area contributed by atoms with Crippen molar-refractivity contribution in [2.24, 2.45) is 23.5 Å². The molecular formula is C14H28N2O. The SMILES string of the molecule is CCC(CC(=O)NC(C)(CN)C1CC1)C(C)C. The number of hydrogen-bond donors (Lipinski definition) is 2. The molecule has 0 aromatic rings. The Hall–Kier alpha value is -0.570. The zero-order valence-electron chi connectivity index (χ0n) is 11.8. The van der Waals surface area contributed by atoms with Gasteiger partial charge in [0.1, 0.15) is 0 Å². The number of rotatable bonds is 7. The molecule has 0 aliphatic heterocycles. The van der Waals surface area contributed by atoms with Crippen molar-refractivity contribution in [3.05, 3.63) is 0 Å². The third-order valence-corrected chi connectivity index (χ3v) is 4.24. The fourth-order valence-corrected chi connectivity index (χ4v) is 2.50. The Kier molecular flexibility index (Phi) is 4.99. The summed E-state index contributed by atoms with van der Waals surface area (Å²) in [5.74, 6) is 1.81. The maximum atomic E-state index is 12.1. The first kappa shape index (κ1) is 14.5. The van der Waals surface area contributed by atoms with Crippen LogP contribution in [0.15, 0.2) is 0 Å². The maximum Gasteiger partial charge on any atom is 0.220 e. The van der Waals surface area contributed by atoms with Crippen LogP contribution in [0.2, 0.25) is 0 Å². The lowest BCUT2D eigenvalue weighted by Gasteiger charge is -2.30. The third kappa shape index (κ3) is 3.98. The van der Waals surface area contributed by atoms with Gasteiger partial charge in [0, 0.05) is 13.0 Å². The second-order valence-corrected chi connectivity index (χ2v) is 6.06. The van der Waals surface area contributed by atoms with Crippen LogP contribution in [0.25, 0.3) is 0 Å². The minimum absolute atomic E-state index is 0.172. The van der Waals surface area contributed by atoms with Crippen molar-refractivity contribution in [3.63, 3.8) is 0 Å². The van der Waals surface area contributed by atoms with Crippen molar-refractivity contribution < 1.29 is 4.79 Å². The van der Waals surface area contributed by atoms with Crippen molar-refractivity contribution in [2.45, 2.75) is 58.9 Å². The molecular weight excluding hydrogens is 212 g/mol. The molecule has 3 N–H and O–H groups in total. The minimum Gasteiger partial charge on any atom is -0.349 e. The summed E-state index contributed by atoms with van der Waals surface area (Å²) >= 11 is 0. The van der Waals surface area contributed by atoms with Crippen molar-refractivity contribution >= 4 is 5.91 Å². The van der Waals surface area contributed by atoms with Crippen LogP contribution in [0.4, 0.5) is 0 Å². The zero-order valence-corrected chi connectivity index (χ0v) is 11.8. The van der Waals surface area contributed by atoms with Crippen molar-refractivity contribution in [3.8, 4) is 0 Å². The van der Waals surface area contributed by atoms with Gasteiger partial charge in [-0.1, -0.05) is 27.2 Å². The van der Waals surface area contributed by atoms with Gasteiger partial charge in [-0.2, -0.15) is 0 Å². The lowest BCUT2D eigenvalue weighted by atomic mass is 9.89. The average Bonchev–Trinajstić information content (AvgIpc) is 3.09. The first-order valence-corrected chi connectivity index (χ1v) is 6.94. The van der Waals surface area contributed by atoms with E-state index in [1.807, 2.05) is 0 Å². The Bertz CT molecular complexity index is 261. The number of carbonyl (C=O) groups excluding carboxylic acids is 1. The molecule has 100 valence electrons. The van der Waals surface area contributed by atoms with E-state index >= 15 is 0 Å². The average molecular weight is 240 g/mol. The molecule has 0 bridgehead atoms. The van der Waals surface area contributed by atoms with Gasteiger partial charge in [0.05, 0.1) is 5.54 Å². The summed E-state index contributed by atoms with van der Waals surface area (Å²) in [5.41, 5.74) is 5.63.